The molecule has 0 fully saturated rings. The second-order valence-electron chi connectivity index (χ2n) is 4.18. The van der Waals surface area contributed by atoms with Gasteiger partial charge in [0.25, 0.3) is 0 Å². The van der Waals surface area contributed by atoms with Crippen molar-refractivity contribution in [3.05, 3.63) is 40.5 Å². The highest BCUT2D eigenvalue weighted by Gasteiger charge is 2.24. The highest BCUT2D eigenvalue weighted by Crippen LogP contribution is 2.31. The van der Waals surface area contributed by atoms with Gasteiger partial charge < -0.3 is 14.6 Å². The molecule has 1 aromatic rings. The summed E-state index contributed by atoms with van der Waals surface area (Å²) >= 11 is 0. The summed E-state index contributed by atoms with van der Waals surface area (Å²) in [4.78, 5) is 23.0. The zero-order valence-corrected chi connectivity index (χ0v) is 10.7. The van der Waals surface area contributed by atoms with E-state index in [9.17, 15) is 14.7 Å². The van der Waals surface area contributed by atoms with Crippen LogP contribution in [0.15, 0.2) is 23.8 Å². The van der Waals surface area contributed by atoms with Gasteiger partial charge in [0.2, 0.25) is 0 Å². The van der Waals surface area contributed by atoms with E-state index < -0.39 is 11.9 Å². The average Bonchev–Trinajstić information content (AvgIpc) is 2.45. The minimum absolute atomic E-state index is 0.126. The Hall–Kier alpha value is -2.30. The van der Waals surface area contributed by atoms with E-state index in [0.717, 1.165) is 5.56 Å². The largest absolute Gasteiger partial charge is 0.507 e. The van der Waals surface area contributed by atoms with Crippen molar-refractivity contribution in [2.75, 3.05) is 14.2 Å². The molecule has 1 aliphatic carbocycles. The van der Waals surface area contributed by atoms with Gasteiger partial charge in [-0.1, -0.05) is 6.07 Å². The topological polar surface area (TPSA) is 72.8 Å². The molecule has 0 atom stereocenters. The molecule has 100 valence electrons. The molecule has 0 amide bonds. The molecule has 0 bridgehead atoms. The monoisotopic (exact) mass is 262 g/mol. The van der Waals surface area contributed by atoms with Crippen LogP contribution in [-0.4, -0.2) is 31.3 Å². The molecule has 2 rings (SSSR count). The third-order valence-electron chi connectivity index (χ3n) is 3.15. The molecule has 0 aliphatic heterocycles. The van der Waals surface area contributed by atoms with Crippen molar-refractivity contribution in [1.29, 1.82) is 0 Å². The molecule has 1 aliphatic rings. The van der Waals surface area contributed by atoms with Gasteiger partial charge in [-0.3, -0.25) is 0 Å². The van der Waals surface area contributed by atoms with Crippen LogP contribution < -0.4 is 0 Å². The second kappa shape index (κ2) is 5.14. The lowest BCUT2D eigenvalue weighted by Gasteiger charge is -2.18. The Morgan fingerprint density at radius 1 is 1.11 bits per heavy atom. The molecule has 0 unspecified atom stereocenters. The minimum atomic E-state index is -0.549. The van der Waals surface area contributed by atoms with Crippen molar-refractivity contribution in [3.8, 4) is 0 Å². The third kappa shape index (κ3) is 2.31. The molecule has 1 aromatic carbocycles. The normalized spacial score (nSPS) is 13.8. The summed E-state index contributed by atoms with van der Waals surface area (Å²) < 4.78 is 9.26. The number of hydrogen-bond acceptors (Lipinski definition) is 5. The van der Waals surface area contributed by atoms with Crippen molar-refractivity contribution in [3.63, 3.8) is 0 Å². The lowest BCUT2D eigenvalue weighted by molar-refractivity contribution is -0.136. The smallest absolute Gasteiger partial charge is 0.337 e. The summed E-state index contributed by atoms with van der Waals surface area (Å²) in [6.45, 7) is 0. The van der Waals surface area contributed by atoms with Gasteiger partial charge in [-0.05, 0) is 30.5 Å². The number of ether oxygens (including phenoxy) is 2. The fourth-order valence-electron chi connectivity index (χ4n) is 2.12. The zero-order chi connectivity index (χ0) is 14.0. The predicted octanol–water partition coefficient (Wildman–Crippen LogP) is 1.86. The van der Waals surface area contributed by atoms with Crippen LogP contribution in [0.1, 0.15) is 27.9 Å². The molecule has 19 heavy (non-hydrogen) atoms. The molecule has 0 saturated carbocycles. The van der Waals surface area contributed by atoms with Crippen LogP contribution in [0.4, 0.5) is 0 Å². The number of aryl methyl sites for hydroxylation is 1. The standard InChI is InChI=1S/C14H14O5/c1-18-13(16)9-4-3-8-5-6-10(14(17)19-2)12(15)11(8)7-9/h3-4,7,15H,5-6H2,1-2H3. The Balaban J connectivity index is 2.50. The van der Waals surface area contributed by atoms with E-state index in [2.05, 4.69) is 9.47 Å². The summed E-state index contributed by atoms with van der Waals surface area (Å²) in [5, 5.41) is 10.1. The van der Waals surface area contributed by atoms with Crippen molar-refractivity contribution in [1.82, 2.24) is 0 Å². The first kappa shape index (κ1) is 13.1. The number of benzene rings is 1. The van der Waals surface area contributed by atoms with E-state index in [1.54, 1.807) is 12.1 Å². The number of aliphatic hydroxyl groups is 1. The first-order chi connectivity index (χ1) is 9.08. The number of carbonyl (C=O) groups is 2. The van der Waals surface area contributed by atoms with E-state index >= 15 is 0 Å². The number of rotatable bonds is 2. The maximum atomic E-state index is 11.5. The van der Waals surface area contributed by atoms with Crippen LogP contribution in [-0.2, 0) is 20.7 Å². The molecular formula is C14H14O5. The molecule has 0 heterocycles. The van der Waals surface area contributed by atoms with Crippen molar-refractivity contribution in [2.24, 2.45) is 0 Å². The Morgan fingerprint density at radius 3 is 2.42 bits per heavy atom. The predicted molar refractivity (Wildman–Crippen MR) is 67.7 cm³/mol. The van der Waals surface area contributed by atoms with Gasteiger partial charge in [0, 0.05) is 5.56 Å². The number of fused-ring (bicyclic) bond motifs is 1. The molecule has 1 N–H and O–H groups in total. The fourth-order valence-corrected chi connectivity index (χ4v) is 2.12. The molecule has 5 heteroatoms. The fraction of sp³-hybridized carbons (Fsp3) is 0.286. The van der Waals surface area contributed by atoms with Gasteiger partial charge in [0.15, 0.2) is 0 Å². The number of methoxy groups -OCH3 is 2. The van der Waals surface area contributed by atoms with Gasteiger partial charge in [0.05, 0.1) is 25.4 Å². The van der Waals surface area contributed by atoms with Gasteiger partial charge in [-0.25, -0.2) is 9.59 Å². The number of hydrogen-bond donors (Lipinski definition) is 1. The Morgan fingerprint density at radius 2 is 1.79 bits per heavy atom. The summed E-state index contributed by atoms with van der Waals surface area (Å²) in [7, 11) is 2.56. The third-order valence-corrected chi connectivity index (χ3v) is 3.15. The average molecular weight is 262 g/mol. The highest BCUT2D eigenvalue weighted by atomic mass is 16.5. The zero-order valence-electron chi connectivity index (χ0n) is 10.7. The van der Waals surface area contributed by atoms with Crippen molar-refractivity contribution < 1.29 is 24.2 Å². The van der Waals surface area contributed by atoms with Crippen LogP contribution in [0.2, 0.25) is 0 Å². The van der Waals surface area contributed by atoms with Crippen LogP contribution >= 0.6 is 0 Å². The Bertz CT molecular complexity index is 571. The highest BCUT2D eigenvalue weighted by molar-refractivity contribution is 5.98. The molecule has 0 saturated heterocycles. The lowest BCUT2D eigenvalue weighted by Crippen LogP contribution is -2.14. The maximum absolute atomic E-state index is 11.5. The van der Waals surface area contributed by atoms with Gasteiger partial charge in [0.1, 0.15) is 5.76 Å². The van der Waals surface area contributed by atoms with E-state index in [0.29, 0.717) is 24.0 Å². The van der Waals surface area contributed by atoms with Crippen LogP contribution in [0.3, 0.4) is 0 Å². The number of aliphatic hydroxyl groups excluding tert-OH is 1. The van der Waals surface area contributed by atoms with E-state index in [-0.39, 0.29) is 11.3 Å². The summed E-state index contributed by atoms with van der Waals surface area (Å²) in [6.07, 6.45) is 1.04. The first-order valence-electron chi connectivity index (χ1n) is 5.80. The molecule has 0 spiro atoms. The summed E-state index contributed by atoms with van der Waals surface area (Å²) in [5.74, 6) is -1.16. The second-order valence-corrected chi connectivity index (χ2v) is 4.18. The molecule has 5 nitrogen and oxygen atoms in total. The van der Waals surface area contributed by atoms with Gasteiger partial charge in [-0.2, -0.15) is 0 Å². The molecule has 0 radical (unpaired) electrons. The van der Waals surface area contributed by atoms with Gasteiger partial charge in [-0.15, -0.1) is 0 Å². The molecular weight excluding hydrogens is 248 g/mol. The minimum Gasteiger partial charge on any atom is -0.507 e. The lowest BCUT2D eigenvalue weighted by atomic mass is 9.89. The van der Waals surface area contributed by atoms with E-state index in [4.69, 9.17) is 0 Å². The Kier molecular flexibility index (Phi) is 3.55. The van der Waals surface area contributed by atoms with Crippen LogP contribution in [0.5, 0.6) is 0 Å². The number of carbonyl (C=O) groups excluding carboxylic acids is 2. The van der Waals surface area contributed by atoms with E-state index in [1.165, 1.54) is 20.3 Å². The van der Waals surface area contributed by atoms with Crippen molar-refractivity contribution in [2.45, 2.75) is 12.8 Å². The summed E-state index contributed by atoms with van der Waals surface area (Å²) in [5.41, 5.74) is 1.93. The first-order valence-corrected chi connectivity index (χ1v) is 5.80. The Labute approximate surface area is 110 Å². The van der Waals surface area contributed by atoms with Crippen molar-refractivity contribution >= 4 is 17.7 Å². The van der Waals surface area contributed by atoms with E-state index in [1.807, 2.05) is 0 Å². The van der Waals surface area contributed by atoms with Gasteiger partial charge >= 0.3 is 11.9 Å². The summed E-state index contributed by atoms with van der Waals surface area (Å²) in [6, 6.07) is 4.92. The van der Waals surface area contributed by atoms with Crippen LogP contribution in [0, 0.1) is 0 Å². The quantitative estimate of drug-likeness (QED) is 0.823. The number of esters is 2. The molecule has 0 aromatic heterocycles. The maximum Gasteiger partial charge on any atom is 0.337 e. The SMILES string of the molecule is COC(=O)C1=C(O)c2cc(C(=O)OC)ccc2CC1. The van der Waals surface area contributed by atoms with Crippen LogP contribution in [0.25, 0.3) is 5.76 Å².